The van der Waals surface area contributed by atoms with E-state index in [0.717, 1.165) is 55.9 Å². The highest BCUT2D eigenvalue weighted by Gasteiger charge is 2.31. The van der Waals surface area contributed by atoms with Crippen LogP contribution in [-0.2, 0) is 9.53 Å². The standard InChI is InChI=1S/C18H25N3O2/c1-21-11-10-19-17(21)13-6-5-7-14(12-13)20-16-9-4-3-8-15(16)18(22)23-2/h5-7,12,15-16,20H,3-4,8-11H2,1-2H3. The largest absolute Gasteiger partial charge is 0.469 e. The second-order valence-corrected chi connectivity index (χ2v) is 6.37. The van der Waals surface area contributed by atoms with Crippen LogP contribution in [0.5, 0.6) is 0 Å². The number of ether oxygens (including phenoxy) is 1. The highest BCUT2D eigenvalue weighted by Crippen LogP contribution is 2.28. The Labute approximate surface area is 137 Å². The molecule has 2 unspecified atom stereocenters. The molecule has 1 saturated carbocycles. The van der Waals surface area contributed by atoms with Gasteiger partial charge in [-0.25, -0.2) is 0 Å². The molecule has 2 atom stereocenters. The summed E-state index contributed by atoms with van der Waals surface area (Å²) in [5.41, 5.74) is 2.17. The van der Waals surface area contributed by atoms with Gasteiger partial charge in [-0.2, -0.15) is 0 Å². The summed E-state index contributed by atoms with van der Waals surface area (Å²) in [6.45, 7) is 1.83. The minimum Gasteiger partial charge on any atom is -0.469 e. The number of rotatable bonds is 4. The summed E-state index contributed by atoms with van der Waals surface area (Å²) in [4.78, 5) is 18.7. The van der Waals surface area contributed by atoms with Gasteiger partial charge in [-0.1, -0.05) is 25.0 Å². The SMILES string of the molecule is COC(=O)C1CCCCC1Nc1cccc(C2=NCCN2C)c1. The van der Waals surface area contributed by atoms with E-state index in [0.29, 0.717) is 0 Å². The van der Waals surface area contributed by atoms with Crippen LogP contribution >= 0.6 is 0 Å². The number of hydrogen-bond donors (Lipinski definition) is 1. The molecule has 1 N–H and O–H groups in total. The van der Waals surface area contributed by atoms with E-state index < -0.39 is 0 Å². The maximum Gasteiger partial charge on any atom is 0.310 e. The fourth-order valence-corrected chi connectivity index (χ4v) is 3.54. The van der Waals surface area contributed by atoms with Gasteiger partial charge in [0.25, 0.3) is 0 Å². The van der Waals surface area contributed by atoms with Crippen molar-refractivity contribution >= 4 is 17.5 Å². The molecule has 0 radical (unpaired) electrons. The highest BCUT2D eigenvalue weighted by molar-refractivity contribution is 6.00. The first kappa shape index (κ1) is 15.8. The fraction of sp³-hybridized carbons (Fsp3) is 0.556. The van der Waals surface area contributed by atoms with Crippen molar-refractivity contribution in [1.82, 2.24) is 4.90 Å². The van der Waals surface area contributed by atoms with Crippen LogP contribution in [0.15, 0.2) is 29.3 Å². The second kappa shape index (κ2) is 7.02. The third kappa shape index (κ3) is 3.49. The molecule has 1 fully saturated rings. The molecular weight excluding hydrogens is 290 g/mol. The quantitative estimate of drug-likeness (QED) is 0.868. The summed E-state index contributed by atoms with van der Waals surface area (Å²) in [5.74, 6) is 0.893. The summed E-state index contributed by atoms with van der Waals surface area (Å²) < 4.78 is 4.97. The summed E-state index contributed by atoms with van der Waals surface area (Å²) in [6, 6.07) is 8.47. The summed E-state index contributed by atoms with van der Waals surface area (Å²) >= 11 is 0. The second-order valence-electron chi connectivity index (χ2n) is 6.37. The number of benzene rings is 1. The van der Waals surface area contributed by atoms with Crippen molar-refractivity contribution in [1.29, 1.82) is 0 Å². The average molecular weight is 315 g/mol. The third-order valence-electron chi connectivity index (χ3n) is 4.80. The number of carbonyl (C=O) groups excluding carboxylic acids is 1. The first-order valence-corrected chi connectivity index (χ1v) is 8.39. The summed E-state index contributed by atoms with van der Waals surface area (Å²) in [6.07, 6.45) is 4.16. The number of nitrogens with zero attached hydrogens (tertiary/aromatic N) is 2. The lowest BCUT2D eigenvalue weighted by Crippen LogP contribution is -2.37. The molecule has 2 aliphatic rings. The van der Waals surface area contributed by atoms with Gasteiger partial charge in [0.1, 0.15) is 5.84 Å². The van der Waals surface area contributed by atoms with Crippen molar-refractivity contribution in [3.63, 3.8) is 0 Å². The molecule has 1 aliphatic heterocycles. The predicted molar refractivity (Wildman–Crippen MR) is 91.9 cm³/mol. The molecule has 0 amide bonds. The first-order valence-electron chi connectivity index (χ1n) is 8.39. The maximum absolute atomic E-state index is 12.0. The van der Waals surface area contributed by atoms with E-state index >= 15 is 0 Å². The Balaban J connectivity index is 1.75. The molecule has 0 saturated heterocycles. The van der Waals surface area contributed by atoms with Gasteiger partial charge in [0, 0.05) is 30.9 Å². The van der Waals surface area contributed by atoms with E-state index in [-0.39, 0.29) is 17.9 Å². The van der Waals surface area contributed by atoms with Crippen molar-refractivity contribution < 1.29 is 9.53 Å². The lowest BCUT2D eigenvalue weighted by Gasteiger charge is -2.31. The Hall–Kier alpha value is -2.04. The van der Waals surface area contributed by atoms with Crippen LogP contribution in [0.4, 0.5) is 5.69 Å². The molecule has 5 nitrogen and oxygen atoms in total. The number of nitrogens with one attached hydrogen (secondary N) is 1. The molecule has 3 rings (SSSR count). The van der Waals surface area contributed by atoms with Crippen molar-refractivity contribution in [2.75, 3.05) is 32.6 Å². The van der Waals surface area contributed by atoms with Crippen molar-refractivity contribution in [3.8, 4) is 0 Å². The lowest BCUT2D eigenvalue weighted by molar-refractivity contribution is -0.146. The van der Waals surface area contributed by atoms with E-state index in [9.17, 15) is 4.79 Å². The van der Waals surface area contributed by atoms with Crippen molar-refractivity contribution in [3.05, 3.63) is 29.8 Å². The monoisotopic (exact) mass is 315 g/mol. The number of amidine groups is 1. The van der Waals surface area contributed by atoms with Gasteiger partial charge in [-0.15, -0.1) is 0 Å². The van der Waals surface area contributed by atoms with Crippen LogP contribution in [0.1, 0.15) is 31.2 Å². The fourth-order valence-electron chi connectivity index (χ4n) is 3.54. The van der Waals surface area contributed by atoms with E-state index in [4.69, 9.17) is 4.74 Å². The van der Waals surface area contributed by atoms with Gasteiger partial charge in [0.05, 0.1) is 19.6 Å². The van der Waals surface area contributed by atoms with Gasteiger partial charge < -0.3 is 15.0 Å². The molecule has 0 bridgehead atoms. The highest BCUT2D eigenvalue weighted by atomic mass is 16.5. The Bertz CT molecular complexity index is 600. The van der Waals surface area contributed by atoms with Crippen LogP contribution in [0, 0.1) is 5.92 Å². The molecule has 5 heteroatoms. The molecule has 1 aromatic carbocycles. The number of esters is 1. The Kier molecular flexibility index (Phi) is 4.84. The first-order chi connectivity index (χ1) is 11.2. The maximum atomic E-state index is 12.0. The number of hydrogen-bond acceptors (Lipinski definition) is 5. The Morgan fingerprint density at radius 2 is 2.17 bits per heavy atom. The number of aliphatic imine (C=N–C) groups is 1. The zero-order valence-electron chi connectivity index (χ0n) is 13.9. The number of carbonyl (C=O) groups is 1. The number of likely N-dealkylation sites (N-methyl/N-ethyl adjacent to an activating group) is 1. The molecule has 0 aromatic heterocycles. The van der Waals surface area contributed by atoms with Crippen LogP contribution in [0.3, 0.4) is 0 Å². The zero-order chi connectivity index (χ0) is 16.2. The smallest absolute Gasteiger partial charge is 0.310 e. The van der Waals surface area contributed by atoms with Crippen LogP contribution in [-0.4, -0.2) is 50.0 Å². The molecule has 124 valence electrons. The average Bonchev–Trinajstić information content (AvgIpc) is 3.01. The van der Waals surface area contributed by atoms with Crippen molar-refractivity contribution in [2.45, 2.75) is 31.7 Å². The number of methoxy groups -OCH3 is 1. The summed E-state index contributed by atoms with van der Waals surface area (Å²) in [7, 11) is 3.54. The topological polar surface area (TPSA) is 53.9 Å². The lowest BCUT2D eigenvalue weighted by atomic mass is 9.84. The van der Waals surface area contributed by atoms with Crippen LogP contribution in [0.25, 0.3) is 0 Å². The van der Waals surface area contributed by atoms with Gasteiger partial charge in [0.2, 0.25) is 0 Å². The Morgan fingerprint density at radius 3 is 2.91 bits per heavy atom. The van der Waals surface area contributed by atoms with E-state index in [1.165, 1.54) is 7.11 Å². The van der Waals surface area contributed by atoms with Gasteiger partial charge in [-0.3, -0.25) is 9.79 Å². The normalized spacial score (nSPS) is 24.3. The molecule has 1 heterocycles. The minimum atomic E-state index is -0.0988. The molecule has 1 aromatic rings. The predicted octanol–water partition coefficient (Wildman–Crippen LogP) is 2.52. The van der Waals surface area contributed by atoms with E-state index in [2.05, 4.69) is 40.5 Å². The summed E-state index contributed by atoms with van der Waals surface area (Å²) in [5, 5.41) is 3.55. The van der Waals surface area contributed by atoms with Crippen LogP contribution < -0.4 is 5.32 Å². The van der Waals surface area contributed by atoms with Crippen molar-refractivity contribution in [2.24, 2.45) is 10.9 Å². The van der Waals surface area contributed by atoms with E-state index in [1.54, 1.807) is 0 Å². The molecule has 1 aliphatic carbocycles. The molecule has 23 heavy (non-hydrogen) atoms. The van der Waals surface area contributed by atoms with Gasteiger partial charge >= 0.3 is 5.97 Å². The van der Waals surface area contributed by atoms with Gasteiger partial charge in [0.15, 0.2) is 0 Å². The van der Waals surface area contributed by atoms with Crippen LogP contribution in [0.2, 0.25) is 0 Å². The van der Waals surface area contributed by atoms with Gasteiger partial charge in [-0.05, 0) is 25.0 Å². The molecular formula is C18H25N3O2. The number of anilines is 1. The third-order valence-corrected chi connectivity index (χ3v) is 4.80. The minimum absolute atomic E-state index is 0.0519. The van der Waals surface area contributed by atoms with E-state index in [1.807, 2.05) is 6.07 Å². The zero-order valence-corrected chi connectivity index (χ0v) is 13.9. The Morgan fingerprint density at radius 1 is 1.35 bits per heavy atom. The molecule has 0 spiro atoms.